The third-order valence-corrected chi connectivity index (χ3v) is 6.33. The van der Waals surface area contributed by atoms with Crippen molar-refractivity contribution in [2.24, 2.45) is 0 Å². The van der Waals surface area contributed by atoms with Crippen LogP contribution in [0.2, 0.25) is 0 Å². The lowest BCUT2D eigenvalue weighted by atomic mass is 10.1. The Balaban J connectivity index is 2.05. The molecule has 3 rings (SSSR count). The van der Waals surface area contributed by atoms with Gasteiger partial charge in [0.05, 0.1) is 28.7 Å². The number of thioether (sulfide) groups is 2. The van der Waals surface area contributed by atoms with E-state index in [0.29, 0.717) is 9.81 Å². The first-order valence-corrected chi connectivity index (χ1v) is 9.68. The Labute approximate surface area is 159 Å². The number of esters is 2. The van der Waals surface area contributed by atoms with Crippen LogP contribution in [-0.2, 0) is 23.9 Å². The molecule has 0 unspecified atom stereocenters. The molecule has 0 saturated carbocycles. The maximum absolute atomic E-state index is 12.7. The number of nitrogens with zero attached hydrogens (tertiary/aromatic N) is 1. The van der Waals surface area contributed by atoms with E-state index in [4.69, 9.17) is 9.47 Å². The van der Waals surface area contributed by atoms with Crippen LogP contribution in [0.3, 0.4) is 0 Å². The van der Waals surface area contributed by atoms with Crippen LogP contribution in [0.4, 0.5) is 5.69 Å². The smallest absolute Gasteiger partial charge is 0.346 e. The van der Waals surface area contributed by atoms with Crippen LogP contribution in [0.15, 0.2) is 38.3 Å². The number of para-hydroxylation sites is 1. The average molecular weight is 391 g/mol. The summed E-state index contributed by atoms with van der Waals surface area (Å²) in [6.45, 7) is 3.78. The molecule has 0 aromatic heterocycles. The molecule has 0 spiro atoms. The second-order valence-corrected chi connectivity index (χ2v) is 7.65. The van der Waals surface area contributed by atoms with Crippen LogP contribution in [-0.4, -0.2) is 38.1 Å². The molecule has 1 amide bonds. The molecular formula is C18H17NO5S2. The summed E-state index contributed by atoms with van der Waals surface area (Å²) in [7, 11) is 1.70. The zero-order valence-corrected chi connectivity index (χ0v) is 16.2. The van der Waals surface area contributed by atoms with E-state index in [1.54, 1.807) is 25.8 Å². The molecule has 2 heterocycles. The highest BCUT2D eigenvalue weighted by Crippen LogP contribution is 2.55. The molecule has 136 valence electrons. The number of anilines is 1. The molecule has 0 atom stereocenters. The van der Waals surface area contributed by atoms with Gasteiger partial charge in [-0.2, -0.15) is 0 Å². The number of amides is 1. The maximum atomic E-state index is 12.7. The van der Waals surface area contributed by atoms with Gasteiger partial charge in [-0.3, -0.25) is 4.79 Å². The van der Waals surface area contributed by atoms with Crippen molar-refractivity contribution in [3.05, 3.63) is 43.9 Å². The van der Waals surface area contributed by atoms with Crippen LogP contribution in [0.5, 0.6) is 0 Å². The third-order valence-electron chi connectivity index (χ3n) is 3.77. The lowest BCUT2D eigenvalue weighted by molar-refractivity contribution is -0.140. The van der Waals surface area contributed by atoms with Crippen molar-refractivity contribution in [2.75, 3.05) is 25.2 Å². The number of ether oxygens (including phenoxy) is 2. The zero-order chi connectivity index (χ0) is 18.8. The van der Waals surface area contributed by atoms with Crippen molar-refractivity contribution < 1.29 is 23.9 Å². The highest BCUT2D eigenvalue weighted by Gasteiger charge is 2.39. The van der Waals surface area contributed by atoms with E-state index in [9.17, 15) is 14.4 Å². The fourth-order valence-corrected chi connectivity index (χ4v) is 5.15. The Bertz CT molecular complexity index is 827. The number of hydrogen-bond acceptors (Lipinski definition) is 7. The molecule has 1 aromatic carbocycles. The standard InChI is InChI=1S/C18H17NO5S2/c1-4-23-16(21)13-14(17(22)24-5-2)26-18(25-13)12-10-8-6-7-9-11(10)19(3)15(12)20/h6-9H,4-5H2,1-3H3. The van der Waals surface area contributed by atoms with Gasteiger partial charge in [0.2, 0.25) is 0 Å². The van der Waals surface area contributed by atoms with Crippen LogP contribution in [0.25, 0.3) is 5.57 Å². The summed E-state index contributed by atoms with van der Waals surface area (Å²) in [6.07, 6.45) is 0. The Morgan fingerprint density at radius 3 is 2.08 bits per heavy atom. The largest absolute Gasteiger partial charge is 0.462 e. The van der Waals surface area contributed by atoms with Gasteiger partial charge < -0.3 is 14.4 Å². The quantitative estimate of drug-likeness (QED) is 0.577. The fraction of sp³-hybridized carbons (Fsp3) is 0.278. The number of likely N-dealkylation sites (N-methyl/N-ethyl adjacent to an activating group) is 1. The molecule has 2 aliphatic rings. The van der Waals surface area contributed by atoms with Crippen molar-refractivity contribution in [1.82, 2.24) is 0 Å². The summed E-state index contributed by atoms with van der Waals surface area (Å²) in [5.74, 6) is -1.35. The first kappa shape index (κ1) is 18.6. The first-order valence-electron chi connectivity index (χ1n) is 8.05. The topological polar surface area (TPSA) is 72.9 Å². The molecule has 2 aliphatic heterocycles. The van der Waals surface area contributed by atoms with Gasteiger partial charge in [0.15, 0.2) is 0 Å². The van der Waals surface area contributed by atoms with Crippen LogP contribution in [0, 0.1) is 0 Å². The van der Waals surface area contributed by atoms with Gasteiger partial charge in [0, 0.05) is 12.6 Å². The van der Waals surface area contributed by atoms with Crippen molar-refractivity contribution >= 4 is 52.6 Å². The highest BCUT2D eigenvalue weighted by molar-refractivity contribution is 8.29. The van der Waals surface area contributed by atoms with Crippen LogP contribution >= 0.6 is 23.5 Å². The van der Waals surface area contributed by atoms with Crippen molar-refractivity contribution in [2.45, 2.75) is 13.8 Å². The van der Waals surface area contributed by atoms with Gasteiger partial charge in [-0.1, -0.05) is 41.7 Å². The molecule has 0 radical (unpaired) electrons. The Morgan fingerprint density at radius 2 is 1.54 bits per heavy atom. The number of hydrogen-bond donors (Lipinski definition) is 0. The number of benzene rings is 1. The van der Waals surface area contributed by atoms with Crippen LogP contribution < -0.4 is 4.90 Å². The predicted molar refractivity (Wildman–Crippen MR) is 102 cm³/mol. The summed E-state index contributed by atoms with van der Waals surface area (Å²) in [5.41, 5.74) is 2.06. The third kappa shape index (κ3) is 3.14. The highest BCUT2D eigenvalue weighted by atomic mass is 32.2. The maximum Gasteiger partial charge on any atom is 0.346 e. The minimum atomic E-state index is -0.587. The monoisotopic (exact) mass is 391 g/mol. The molecule has 0 bridgehead atoms. The number of carbonyl (C=O) groups excluding carboxylic acids is 3. The number of rotatable bonds is 4. The van der Waals surface area contributed by atoms with E-state index in [-0.39, 0.29) is 28.9 Å². The Morgan fingerprint density at radius 1 is 1.00 bits per heavy atom. The van der Waals surface area contributed by atoms with Crippen molar-refractivity contribution in [3.8, 4) is 0 Å². The SMILES string of the molecule is CCOC(=O)C1=C(C(=O)OCC)SC(=C2C(=O)N(C)c3ccccc32)S1. The molecule has 6 nitrogen and oxygen atoms in total. The lowest BCUT2D eigenvalue weighted by Crippen LogP contribution is -2.20. The van der Waals surface area contributed by atoms with E-state index in [0.717, 1.165) is 34.8 Å². The van der Waals surface area contributed by atoms with Gasteiger partial charge in [-0.15, -0.1) is 0 Å². The van der Waals surface area contributed by atoms with E-state index in [2.05, 4.69) is 0 Å². The second-order valence-electron chi connectivity index (χ2n) is 5.35. The molecule has 0 saturated heterocycles. The minimum Gasteiger partial charge on any atom is -0.462 e. The summed E-state index contributed by atoms with van der Waals surface area (Å²) < 4.78 is 10.7. The van der Waals surface area contributed by atoms with E-state index in [1.807, 2.05) is 24.3 Å². The van der Waals surface area contributed by atoms with Crippen molar-refractivity contribution in [3.63, 3.8) is 0 Å². The van der Waals surface area contributed by atoms with E-state index >= 15 is 0 Å². The molecule has 0 aliphatic carbocycles. The Hall–Kier alpha value is -2.19. The van der Waals surface area contributed by atoms with E-state index < -0.39 is 11.9 Å². The van der Waals surface area contributed by atoms with Crippen molar-refractivity contribution in [1.29, 1.82) is 0 Å². The van der Waals surface area contributed by atoms with Gasteiger partial charge in [0.1, 0.15) is 9.81 Å². The summed E-state index contributed by atoms with van der Waals surface area (Å²) in [6, 6.07) is 7.42. The number of fused-ring (bicyclic) bond motifs is 1. The van der Waals surface area contributed by atoms with E-state index in [1.165, 1.54) is 0 Å². The number of carbonyl (C=O) groups is 3. The molecule has 0 fully saturated rings. The average Bonchev–Trinajstić information content (AvgIpc) is 3.16. The van der Waals surface area contributed by atoms with Crippen LogP contribution in [0.1, 0.15) is 19.4 Å². The summed E-state index contributed by atoms with van der Waals surface area (Å²) in [4.78, 5) is 39.2. The minimum absolute atomic E-state index is 0.164. The normalized spacial score (nSPS) is 16.3. The zero-order valence-electron chi connectivity index (χ0n) is 14.5. The van der Waals surface area contributed by atoms with Gasteiger partial charge in [-0.05, 0) is 19.9 Å². The molecule has 26 heavy (non-hydrogen) atoms. The second kappa shape index (κ2) is 7.59. The van der Waals surface area contributed by atoms with Gasteiger partial charge in [-0.25, -0.2) is 9.59 Å². The summed E-state index contributed by atoms with van der Waals surface area (Å²) >= 11 is 2.17. The first-order chi connectivity index (χ1) is 12.5. The lowest BCUT2D eigenvalue weighted by Gasteiger charge is -2.08. The van der Waals surface area contributed by atoms with Gasteiger partial charge >= 0.3 is 11.9 Å². The molecule has 1 aromatic rings. The molecule has 0 N–H and O–H groups in total. The Kier molecular flexibility index (Phi) is 5.43. The summed E-state index contributed by atoms with van der Waals surface area (Å²) in [5, 5.41) is 0. The predicted octanol–water partition coefficient (Wildman–Crippen LogP) is 3.15. The molecule has 8 heteroatoms. The van der Waals surface area contributed by atoms with Gasteiger partial charge in [0.25, 0.3) is 5.91 Å². The molecular weight excluding hydrogens is 374 g/mol. The fourth-order valence-electron chi connectivity index (χ4n) is 2.63.